The monoisotopic (exact) mass is 254 g/mol. The van der Waals surface area contributed by atoms with E-state index in [0.29, 0.717) is 5.88 Å². The molecule has 8 heteroatoms. The van der Waals surface area contributed by atoms with Crippen LogP contribution in [0.25, 0.3) is 10.3 Å². The predicted molar refractivity (Wildman–Crippen MR) is 64.2 cm³/mol. The summed E-state index contributed by atoms with van der Waals surface area (Å²) in [4.78, 5) is 23.3. The van der Waals surface area contributed by atoms with Gasteiger partial charge in [-0.1, -0.05) is 11.3 Å². The van der Waals surface area contributed by atoms with Crippen molar-refractivity contribution in [1.29, 1.82) is 0 Å². The molecule has 2 aromatic heterocycles. The summed E-state index contributed by atoms with van der Waals surface area (Å²) in [6.07, 6.45) is 0. The van der Waals surface area contributed by atoms with Gasteiger partial charge in [0.25, 0.3) is 0 Å². The van der Waals surface area contributed by atoms with Crippen molar-refractivity contribution in [2.24, 2.45) is 5.34 Å². The van der Waals surface area contributed by atoms with E-state index in [1.165, 1.54) is 11.3 Å². The third-order valence-electron chi connectivity index (χ3n) is 1.92. The van der Waals surface area contributed by atoms with Gasteiger partial charge in [-0.3, -0.25) is 0 Å². The highest BCUT2D eigenvalue weighted by molar-refractivity contribution is 7.21. The molecule has 2 heterocycles. The summed E-state index contributed by atoms with van der Waals surface area (Å²) in [5, 5.41) is 6.02. The van der Waals surface area contributed by atoms with E-state index in [-0.39, 0.29) is 13.2 Å². The molecule has 0 saturated heterocycles. The molecule has 0 amide bonds. The van der Waals surface area contributed by atoms with E-state index in [2.05, 4.69) is 25.5 Å². The molecule has 2 aromatic rings. The summed E-state index contributed by atoms with van der Waals surface area (Å²) in [5.41, 5.74) is 0.817. The van der Waals surface area contributed by atoms with Gasteiger partial charge in [0.2, 0.25) is 5.88 Å². The minimum atomic E-state index is 0.105. The predicted octanol–water partition coefficient (Wildman–Crippen LogP) is 1.81. The van der Waals surface area contributed by atoms with Gasteiger partial charge in [0.05, 0.1) is 0 Å². The van der Waals surface area contributed by atoms with Crippen LogP contribution in [0.4, 0.5) is 5.13 Å². The first kappa shape index (κ1) is 11.5. The number of fused-ring (bicyclic) bond motifs is 1. The average molecular weight is 254 g/mol. The highest BCUT2D eigenvalue weighted by atomic mass is 32.1. The van der Waals surface area contributed by atoms with E-state index in [1.807, 2.05) is 6.07 Å². The first-order chi connectivity index (χ1) is 8.33. The lowest BCUT2D eigenvalue weighted by molar-refractivity contribution is 0.102. The molecule has 0 bridgehead atoms. The fourth-order valence-corrected chi connectivity index (χ4v) is 1.99. The van der Waals surface area contributed by atoms with Crippen LogP contribution in [0.5, 0.6) is 5.88 Å². The molecule has 90 valence electrons. The Kier molecular flexibility index (Phi) is 3.66. The number of hydrogen-bond acceptors (Lipinski definition) is 8. The van der Waals surface area contributed by atoms with Crippen molar-refractivity contribution in [3.63, 3.8) is 0 Å². The molecule has 0 aromatic carbocycles. The third-order valence-corrected chi connectivity index (χ3v) is 2.90. The lowest BCUT2D eigenvalue weighted by Gasteiger charge is -2.02. The number of pyridine rings is 1. The van der Waals surface area contributed by atoms with E-state index >= 15 is 0 Å². The third kappa shape index (κ3) is 2.78. The highest BCUT2D eigenvalue weighted by Gasteiger charge is 2.05. The Labute approximate surface area is 101 Å². The number of rotatable bonds is 6. The average Bonchev–Trinajstić information content (AvgIpc) is 2.77. The van der Waals surface area contributed by atoms with Crippen LogP contribution >= 0.6 is 11.3 Å². The van der Waals surface area contributed by atoms with Crippen LogP contribution in [0.1, 0.15) is 0 Å². The second-order valence-electron chi connectivity index (χ2n) is 3.00. The van der Waals surface area contributed by atoms with Crippen LogP contribution < -0.4 is 10.1 Å². The van der Waals surface area contributed by atoms with Gasteiger partial charge < -0.3 is 14.9 Å². The Bertz CT molecular complexity index is 516. The van der Waals surface area contributed by atoms with Gasteiger partial charge >= 0.3 is 0 Å². The topological polar surface area (TPSA) is 85.7 Å². The lowest BCUT2D eigenvalue weighted by Crippen LogP contribution is -2.04. The normalized spacial score (nSPS) is 10.2. The Morgan fingerprint density at radius 3 is 3.06 bits per heavy atom. The first-order valence-electron chi connectivity index (χ1n) is 4.86. The second kappa shape index (κ2) is 5.39. The molecule has 0 aliphatic heterocycles. The van der Waals surface area contributed by atoms with Gasteiger partial charge in [-0.2, -0.15) is 0 Å². The van der Waals surface area contributed by atoms with E-state index in [4.69, 9.17) is 4.74 Å². The van der Waals surface area contributed by atoms with Gasteiger partial charge in [-0.25, -0.2) is 9.97 Å². The van der Waals surface area contributed by atoms with Gasteiger partial charge in [0.15, 0.2) is 17.1 Å². The first-order valence-corrected chi connectivity index (χ1v) is 5.68. The fourth-order valence-electron chi connectivity index (χ4n) is 1.21. The SMILES string of the molecule is CNc1nc2ccc(OCCON=O)nc2s1. The highest BCUT2D eigenvalue weighted by Crippen LogP contribution is 2.25. The van der Waals surface area contributed by atoms with E-state index in [0.717, 1.165) is 15.5 Å². The van der Waals surface area contributed by atoms with Crippen LogP contribution in [-0.2, 0) is 4.84 Å². The van der Waals surface area contributed by atoms with Crippen LogP contribution in [-0.4, -0.2) is 30.2 Å². The number of nitrogens with one attached hydrogen (secondary N) is 1. The summed E-state index contributed by atoms with van der Waals surface area (Å²) < 4.78 is 5.28. The molecular formula is C9H10N4O3S. The smallest absolute Gasteiger partial charge is 0.214 e. The quantitative estimate of drug-likeness (QED) is 0.480. The molecule has 0 saturated carbocycles. The molecule has 0 unspecified atom stereocenters. The Morgan fingerprint density at radius 1 is 1.41 bits per heavy atom. The Balaban J connectivity index is 2.05. The molecule has 7 nitrogen and oxygen atoms in total. The second-order valence-corrected chi connectivity index (χ2v) is 3.98. The molecule has 0 aliphatic rings. The maximum atomic E-state index is 9.67. The Hall–Kier alpha value is -1.96. The number of thiazole rings is 1. The van der Waals surface area contributed by atoms with E-state index in [9.17, 15) is 4.91 Å². The number of hydrogen-bond donors (Lipinski definition) is 1. The summed E-state index contributed by atoms with van der Waals surface area (Å²) in [6.45, 7) is 0.329. The lowest BCUT2D eigenvalue weighted by atomic mass is 10.4. The molecule has 0 fully saturated rings. The van der Waals surface area contributed by atoms with Crippen LogP contribution in [0.2, 0.25) is 0 Å². The minimum absolute atomic E-state index is 0.105. The van der Waals surface area contributed by atoms with Gasteiger partial charge in [-0.05, 0) is 6.07 Å². The van der Waals surface area contributed by atoms with Crippen LogP contribution in [0, 0.1) is 4.91 Å². The molecular weight excluding hydrogens is 244 g/mol. The number of anilines is 1. The van der Waals surface area contributed by atoms with Crippen molar-refractivity contribution >= 4 is 26.8 Å². The molecule has 0 spiro atoms. The molecule has 0 radical (unpaired) electrons. The van der Waals surface area contributed by atoms with Gasteiger partial charge in [-0.15, -0.1) is 4.91 Å². The van der Waals surface area contributed by atoms with Crippen molar-refractivity contribution in [3.05, 3.63) is 17.0 Å². The van der Waals surface area contributed by atoms with Crippen LogP contribution in [0.3, 0.4) is 0 Å². The minimum Gasteiger partial charge on any atom is -0.474 e. The summed E-state index contributed by atoms with van der Waals surface area (Å²) in [7, 11) is 1.80. The van der Waals surface area contributed by atoms with Crippen molar-refractivity contribution in [2.75, 3.05) is 25.6 Å². The maximum absolute atomic E-state index is 9.67. The van der Waals surface area contributed by atoms with E-state index < -0.39 is 0 Å². The van der Waals surface area contributed by atoms with E-state index in [1.54, 1.807) is 13.1 Å². The van der Waals surface area contributed by atoms with Crippen molar-refractivity contribution < 1.29 is 9.57 Å². The standard InChI is InChI=1S/C9H10N4O3S/c1-10-9-11-6-2-3-7(12-8(6)17-9)15-4-5-16-13-14/h2-3H,4-5H2,1H3,(H,10,11). The zero-order valence-electron chi connectivity index (χ0n) is 9.04. The van der Waals surface area contributed by atoms with Crippen molar-refractivity contribution in [3.8, 4) is 5.88 Å². The molecule has 2 rings (SSSR count). The fraction of sp³-hybridized carbons (Fsp3) is 0.333. The number of nitrogens with zero attached hydrogens (tertiary/aromatic N) is 3. The van der Waals surface area contributed by atoms with Crippen molar-refractivity contribution in [2.45, 2.75) is 0 Å². The Morgan fingerprint density at radius 2 is 2.29 bits per heavy atom. The van der Waals surface area contributed by atoms with Gasteiger partial charge in [0.1, 0.15) is 17.0 Å². The number of aromatic nitrogens is 2. The molecule has 0 atom stereocenters. The number of ether oxygens (including phenoxy) is 1. The zero-order chi connectivity index (χ0) is 12.1. The summed E-state index contributed by atoms with van der Waals surface area (Å²) in [5.74, 6) is 0.471. The molecule has 0 aliphatic carbocycles. The molecule has 1 N–H and O–H groups in total. The van der Waals surface area contributed by atoms with Crippen LogP contribution in [0.15, 0.2) is 17.5 Å². The summed E-state index contributed by atoms with van der Waals surface area (Å²) >= 11 is 1.44. The van der Waals surface area contributed by atoms with Gasteiger partial charge in [0, 0.05) is 13.1 Å². The summed E-state index contributed by atoms with van der Waals surface area (Å²) in [6, 6.07) is 3.55. The molecule has 17 heavy (non-hydrogen) atoms. The largest absolute Gasteiger partial charge is 0.474 e. The zero-order valence-corrected chi connectivity index (χ0v) is 9.86. The van der Waals surface area contributed by atoms with Crippen molar-refractivity contribution in [1.82, 2.24) is 9.97 Å². The maximum Gasteiger partial charge on any atom is 0.214 e.